The Bertz CT molecular complexity index is 586. The Labute approximate surface area is 139 Å². The molecular formula is C17H19BrClNO. The molecule has 0 spiro atoms. The fourth-order valence-electron chi connectivity index (χ4n) is 2.25. The van der Waals surface area contributed by atoms with Crippen LogP contribution < -0.4 is 10.1 Å². The van der Waals surface area contributed by atoms with Gasteiger partial charge in [-0.15, -0.1) is 0 Å². The summed E-state index contributed by atoms with van der Waals surface area (Å²) in [6.45, 7) is 2.99. The summed E-state index contributed by atoms with van der Waals surface area (Å²) in [6.07, 6.45) is 1.03. The average Bonchev–Trinajstić information content (AvgIpc) is 2.49. The van der Waals surface area contributed by atoms with Crippen molar-refractivity contribution in [3.05, 3.63) is 63.1 Å². The van der Waals surface area contributed by atoms with E-state index in [1.807, 2.05) is 18.2 Å². The lowest BCUT2D eigenvalue weighted by molar-refractivity contribution is 0.412. The lowest BCUT2D eigenvalue weighted by atomic mass is 10.0. The molecule has 0 aliphatic rings. The van der Waals surface area contributed by atoms with E-state index in [9.17, 15) is 0 Å². The van der Waals surface area contributed by atoms with E-state index in [0.717, 1.165) is 28.2 Å². The van der Waals surface area contributed by atoms with Crippen LogP contribution in [0.5, 0.6) is 5.75 Å². The number of benzene rings is 2. The molecule has 1 atom stereocenters. The monoisotopic (exact) mass is 367 g/mol. The van der Waals surface area contributed by atoms with Crippen LogP contribution in [-0.4, -0.2) is 7.11 Å². The second-order valence-corrected chi connectivity index (χ2v) is 6.15. The van der Waals surface area contributed by atoms with E-state index in [4.69, 9.17) is 16.3 Å². The third-order valence-corrected chi connectivity index (χ3v) is 4.32. The molecule has 0 saturated heterocycles. The van der Waals surface area contributed by atoms with Crippen LogP contribution in [-0.2, 0) is 6.54 Å². The van der Waals surface area contributed by atoms with Crippen LogP contribution in [0.3, 0.4) is 0 Å². The van der Waals surface area contributed by atoms with E-state index in [1.54, 1.807) is 7.11 Å². The zero-order chi connectivity index (χ0) is 15.2. The molecular weight excluding hydrogens is 350 g/mol. The van der Waals surface area contributed by atoms with Gasteiger partial charge in [0.25, 0.3) is 0 Å². The molecule has 0 saturated carbocycles. The summed E-state index contributed by atoms with van der Waals surface area (Å²) in [5.41, 5.74) is 2.48. The van der Waals surface area contributed by atoms with Gasteiger partial charge in [-0.05, 0) is 57.7 Å². The Morgan fingerprint density at radius 3 is 2.48 bits per heavy atom. The van der Waals surface area contributed by atoms with Crippen LogP contribution in [0.15, 0.2) is 46.9 Å². The standard InChI is InChI=1S/C17H19BrClNO/c1-3-16(13-5-7-14(19)8-6-13)20-11-12-4-9-17(21-2)15(18)10-12/h4-10,16,20H,3,11H2,1-2H3. The highest BCUT2D eigenvalue weighted by Gasteiger charge is 2.09. The molecule has 112 valence electrons. The number of nitrogens with one attached hydrogen (secondary N) is 1. The molecule has 2 aromatic carbocycles. The van der Waals surface area contributed by atoms with Gasteiger partial charge in [-0.25, -0.2) is 0 Å². The predicted octanol–water partition coefficient (Wildman–Crippen LogP) is 5.35. The molecule has 2 rings (SSSR count). The van der Waals surface area contributed by atoms with E-state index < -0.39 is 0 Å². The minimum atomic E-state index is 0.322. The minimum Gasteiger partial charge on any atom is -0.496 e. The van der Waals surface area contributed by atoms with Crippen LogP contribution in [0.4, 0.5) is 0 Å². The van der Waals surface area contributed by atoms with Gasteiger partial charge in [0.1, 0.15) is 5.75 Å². The van der Waals surface area contributed by atoms with Crippen molar-refractivity contribution in [1.82, 2.24) is 5.32 Å². The van der Waals surface area contributed by atoms with Gasteiger partial charge in [-0.3, -0.25) is 0 Å². The highest BCUT2D eigenvalue weighted by Crippen LogP contribution is 2.26. The Kier molecular flexibility index (Phi) is 6.09. The molecule has 21 heavy (non-hydrogen) atoms. The Morgan fingerprint density at radius 1 is 1.19 bits per heavy atom. The van der Waals surface area contributed by atoms with Crippen molar-refractivity contribution < 1.29 is 4.74 Å². The van der Waals surface area contributed by atoms with Crippen molar-refractivity contribution in [3.8, 4) is 5.75 Å². The smallest absolute Gasteiger partial charge is 0.133 e. The van der Waals surface area contributed by atoms with Crippen LogP contribution in [0.25, 0.3) is 0 Å². The molecule has 0 radical (unpaired) electrons. The summed E-state index contributed by atoms with van der Waals surface area (Å²) < 4.78 is 6.22. The molecule has 2 aromatic rings. The van der Waals surface area contributed by atoms with Gasteiger partial charge in [0, 0.05) is 17.6 Å². The van der Waals surface area contributed by atoms with Gasteiger partial charge in [-0.1, -0.05) is 36.7 Å². The summed E-state index contributed by atoms with van der Waals surface area (Å²) in [6, 6.07) is 14.5. The third kappa shape index (κ3) is 4.47. The zero-order valence-corrected chi connectivity index (χ0v) is 14.5. The highest BCUT2D eigenvalue weighted by molar-refractivity contribution is 9.10. The van der Waals surface area contributed by atoms with Gasteiger partial charge >= 0.3 is 0 Å². The first-order valence-corrected chi connectivity index (χ1v) is 8.12. The maximum atomic E-state index is 5.94. The largest absolute Gasteiger partial charge is 0.496 e. The van der Waals surface area contributed by atoms with Crippen LogP contribution in [0.1, 0.15) is 30.5 Å². The molecule has 0 heterocycles. The molecule has 1 unspecified atom stereocenters. The van der Waals surface area contributed by atoms with Gasteiger partial charge in [-0.2, -0.15) is 0 Å². The highest BCUT2D eigenvalue weighted by atomic mass is 79.9. The fourth-order valence-corrected chi connectivity index (χ4v) is 2.97. The molecule has 1 N–H and O–H groups in total. The maximum Gasteiger partial charge on any atom is 0.133 e. The number of halogens is 2. The lowest BCUT2D eigenvalue weighted by Gasteiger charge is -2.18. The van der Waals surface area contributed by atoms with Crippen molar-refractivity contribution in [3.63, 3.8) is 0 Å². The average molecular weight is 369 g/mol. The Morgan fingerprint density at radius 2 is 1.90 bits per heavy atom. The van der Waals surface area contributed by atoms with Crippen molar-refractivity contribution in [2.75, 3.05) is 7.11 Å². The van der Waals surface area contributed by atoms with E-state index in [2.05, 4.69) is 52.4 Å². The number of ether oxygens (including phenoxy) is 1. The quantitative estimate of drug-likeness (QED) is 0.742. The second-order valence-electron chi connectivity index (χ2n) is 4.86. The molecule has 0 aliphatic carbocycles. The second kappa shape index (κ2) is 7.83. The molecule has 0 fully saturated rings. The van der Waals surface area contributed by atoms with Crippen molar-refractivity contribution in [1.29, 1.82) is 0 Å². The third-order valence-electron chi connectivity index (χ3n) is 3.45. The summed E-state index contributed by atoms with van der Waals surface area (Å²) in [4.78, 5) is 0. The first-order valence-electron chi connectivity index (χ1n) is 6.95. The molecule has 0 bridgehead atoms. The SMILES string of the molecule is CCC(NCc1ccc(OC)c(Br)c1)c1ccc(Cl)cc1. The minimum absolute atomic E-state index is 0.322. The lowest BCUT2D eigenvalue weighted by Crippen LogP contribution is -2.20. The molecule has 4 heteroatoms. The van der Waals surface area contributed by atoms with Crippen molar-refractivity contribution >= 4 is 27.5 Å². The normalized spacial score (nSPS) is 12.2. The van der Waals surface area contributed by atoms with Crippen LogP contribution >= 0.6 is 27.5 Å². The van der Waals surface area contributed by atoms with Gasteiger partial charge in [0.05, 0.1) is 11.6 Å². The number of hydrogen-bond acceptors (Lipinski definition) is 2. The zero-order valence-electron chi connectivity index (χ0n) is 12.2. The summed E-state index contributed by atoms with van der Waals surface area (Å²) in [5.74, 6) is 0.850. The molecule has 0 aromatic heterocycles. The van der Waals surface area contributed by atoms with Crippen LogP contribution in [0, 0.1) is 0 Å². The van der Waals surface area contributed by atoms with Gasteiger partial charge < -0.3 is 10.1 Å². The van der Waals surface area contributed by atoms with Crippen molar-refractivity contribution in [2.24, 2.45) is 0 Å². The first-order chi connectivity index (χ1) is 10.1. The topological polar surface area (TPSA) is 21.3 Å². The Hall–Kier alpha value is -1.03. The first kappa shape index (κ1) is 16.3. The predicted molar refractivity (Wildman–Crippen MR) is 92.0 cm³/mol. The van der Waals surface area contributed by atoms with E-state index in [1.165, 1.54) is 11.1 Å². The van der Waals surface area contributed by atoms with E-state index in [-0.39, 0.29) is 0 Å². The van der Waals surface area contributed by atoms with E-state index >= 15 is 0 Å². The summed E-state index contributed by atoms with van der Waals surface area (Å²) in [5, 5.41) is 4.35. The molecule has 0 aliphatic heterocycles. The molecule has 0 amide bonds. The number of hydrogen-bond donors (Lipinski definition) is 1. The van der Waals surface area contributed by atoms with E-state index in [0.29, 0.717) is 6.04 Å². The van der Waals surface area contributed by atoms with Gasteiger partial charge in [0.15, 0.2) is 0 Å². The summed E-state index contributed by atoms with van der Waals surface area (Å²) in [7, 11) is 1.67. The molecule has 2 nitrogen and oxygen atoms in total. The van der Waals surface area contributed by atoms with Crippen LogP contribution in [0.2, 0.25) is 5.02 Å². The Balaban J connectivity index is 2.03. The van der Waals surface area contributed by atoms with Gasteiger partial charge in [0.2, 0.25) is 0 Å². The number of rotatable bonds is 6. The maximum absolute atomic E-state index is 5.94. The fraction of sp³-hybridized carbons (Fsp3) is 0.294. The summed E-state index contributed by atoms with van der Waals surface area (Å²) >= 11 is 9.46. The number of methoxy groups -OCH3 is 1. The van der Waals surface area contributed by atoms with Crippen molar-refractivity contribution in [2.45, 2.75) is 25.9 Å².